The van der Waals surface area contributed by atoms with Crippen LogP contribution in [0.25, 0.3) is 55.2 Å². The van der Waals surface area contributed by atoms with Gasteiger partial charge in [0.1, 0.15) is 5.75 Å². The number of nitrogens with zero attached hydrogens (tertiary/aromatic N) is 3. The number of pyridine rings is 1. The lowest BCUT2D eigenvalue weighted by Gasteiger charge is -2.10. The minimum Gasteiger partial charge on any atom is -0.497 e. The van der Waals surface area contributed by atoms with Crippen molar-refractivity contribution >= 4 is 43.9 Å². The van der Waals surface area contributed by atoms with E-state index in [0.717, 1.165) is 61.0 Å². The average molecular weight is 440 g/mol. The summed E-state index contributed by atoms with van der Waals surface area (Å²) in [7, 11) is 1.70. The SMILES string of the molecule is COc1cccc(-n2c3ccccc3c3nc4c5ccccc5n(-c5ccccc5)c4cc32)c1. The molecule has 3 aromatic heterocycles. The summed E-state index contributed by atoms with van der Waals surface area (Å²) < 4.78 is 10.1. The number of hydrogen-bond donors (Lipinski definition) is 0. The highest BCUT2D eigenvalue weighted by Crippen LogP contribution is 2.37. The molecule has 162 valence electrons. The second kappa shape index (κ2) is 7.22. The molecule has 0 saturated heterocycles. The molecule has 0 saturated carbocycles. The first kappa shape index (κ1) is 18.9. The van der Waals surface area contributed by atoms with Gasteiger partial charge in [-0.15, -0.1) is 0 Å². The van der Waals surface area contributed by atoms with Crippen LogP contribution in [0, 0.1) is 0 Å². The summed E-state index contributed by atoms with van der Waals surface area (Å²) in [4.78, 5) is 5.30. The largest absolute Gasteiger partial charge is 0.497 e. The zero-order chi connectivity index (χ0) is 22.6. The Kier molecular flexibility index (Phi) is 4.02. The Bertz CT molecular complexity index is 1840. The predicted molar refractivity (Wildman–Crippen MR) is 139 cm³/mol. The molecule has 4 aromatic carbocycles. The molecule has 0 N–H and O–H groups in total. The summed E-state index contributed by atoms with van der Waals surface area (Å²) in [6.45, 7) is 0. The minimum absolute atomic E-state index is 0.830. The van der Waals surface area contributed by atoms with Gasteiger partial charge in [0.05, 0.1) is 40.2 Å². The summed E-state index contributed by atoms with van der Waals surface area (Å²) in [6, 6.07) is 38.0. The number of benzene rings is 4. The monoisotopic (exact) mass is 439 g/mol. The third-order valence-electron chi connectivity index (χ3n) is 6.59. The first-order valence-electron chi connectivity index (χ1n) is 11.4. The van der Waals surface area contributed by atoms with Crippen LogP contribution in [-0.4, -0.2) is 21.2 Å². The lowest BCUT2D eigenvalue weighted by Crippen LogP contribution is -1.96. The van der Waals surface area contributed by atoms with Gasteiger partial charge in [0.2, 0.25) is 0 Å². The number of fused-ring (bicyclic) bond motifs is 6. The molecule has 0 radical (unpaired) electrons. The maximum Gasteiger partial charge on any atom is 0.120 e. The van der Waals surface area contributed by atoms with Crippen molar-refractivity contribution in [3.8, 4) is 17.1 Å². The van der Waals surface area contributed by atoms with Crippen molar-refractivity contribution in [1.82, 2.24) is 14.1 Å². The van der Waals surface area contributed by atoms with Crippen molar-refractivity contribution in [3.63, 3.8) is 0 Å². The van der Waals surface area contributed by atoms with Gasteiger partial charge in [-0.2, -0.15) is 0 Å². The standard InChI is InChI=1S/C30H21N3O/c1-34-22-13-9-12-21(18-22)33-26-17-8-6-15-24(26)30-28(33)19-27-29(31-30)23-14-5-7-16-25(23)32(27)20-10-3-2-4-11-20/h2-19H,1H3. The zero-order valence-electron chi connectivity index (χ0n) is 18.6. The van der Waals surface area contributed by atoms with Crippen LogP contribution in [0.1, 0.15) is 0 Å². The summed E-state index contributed by atoms with van der Waals surface area (Å²) >= 11 is 0. The molecule has 0 aliphatic heterocycles. The molecule has 0 amide bonds. The van der Waals surface area contributed by atoms with Crippen LogP contribution in [0.3, 0.4) is 0 Å². The van der Waals surface area contributed by atoms with Crippen molar-refractivity contribution < 1.29 is 4.74 Å². The first-order chi connectivity index (χ1) is 16.8. The van der Waals surface area contributed by atoms with Crippen molar-refractivity contribution in [3.05, 3.63) is 109 Å². The molecule has 4 heteroatoms. The van der Waals surface area contributed by atoms with Crippen molar-refractivity contribution in [2.75, 3.05) is 7.11 Å². The molecular weight excluding hydrogens is 418 g/mol. The maximum absolute atomic E-state index is 5.53. The van der Waals surface area contributed by atoms with Crippen LogP contribution in [0.2, 0.25) is 0 Å². The second-order valence-corrected chi connectivity index (χ2v) is 8.47. The van der Waals surface area contributed by atoms with Gasteiger partial charge in [-0.1, -0.05) is 60.7 Å². The van der Waals surface area contributed by atoms with Crippen molar-refractivity contribution in [2.24, 2.45) is 0 Å². The quantitative estimate of drug-likeness (QED) is 0.290. The normalized spacial score (nSPS) is 11.7. The molecule has 34 heavy (non-hydrogen) atoms. The van der Waals surface area contributed by atoms with E-state index in [1.54, 1.807) is 7.11 Å². The fourth-order valence-electron chi connectivity index (χ4n) is 5.11. The molecule has 0 bridgehead atoms. The van der Waals surface area contributed by atoms with E-state index < -0.39 is 0 Å². The molecule has 0 spiro atoms. The van der Waals surface area contributed by atoms with Crippen LogP contribution in [0.15, 0.2) is 109 Å². The van der Waals surface area contributed by atoms with E-state index in [1.807, 2.05) is 12.1 Å². The Morgan fingerprint density at radius 1 is 0.529 bits per heavy atom. The first-order valence-corrected chi connectivity index (χ1v) is 11.4. The number of hydrogen-bond acceptors (Lipinski definition) is 2. The molecule has 0 unspecified atom stereocenters. The van der Waals surface area contributed by atoms with Gasteiger partial charge in [-0.05, 0) is 42.5 Å². The Morgan fingerprint density at radius 3 is 1.74 bits per heavy atom. The topological polar surface area (TPSA) is 32.0 Å². The summed E-state index contributed by atoms with van der Waals surface area (Å²) in [6.07, 6.45) is 0. The molecule has 0 aliphatic carbocycles. The Balaban J connectivity index is 1.68. The van der Waals surface area contributed by atoms with Gasteiger partial charge < -0.3 is 13.9 Å². The van der Waals surface area contributed by atoms with Crippen LogP contribution in [-0.2, 0) is 0 Å². The Hall–Kier alpha value is -4.57. The van der Waals surface area contributed by atoms with E-state index in [1.165, 1.54) is 0 Å². The molecule has 0 aliphatic rings. The Labute approximate surface area is 196 Å². The van der Waals surface area contributed by atoms with Gasteiger partial charge in [-0.3, -0.25) is 0 Å². The van der Waals surface area contributed by atoms with Gasteiger partial charge in [0, 0.05) is 28.2 Å². The summed E-state index contributed by atoms with van der Waals surface area (Å²) in [5, 5.41) is 2.29. The third kappa shape index (κ3) is 2.63. The van der Waals surface area contributed by atoms with E-state index in [-0.39, 0.29) is 0 Å². The summed E-state index contributed by atoms with van der Waals surface area (Å²) in [5.74, 6) is 0.830. The average Bonchev–Trinajstić information content (AvgIpc) is 3.40. The van der Waals surface area contributed by atoms with Crippen LogP contribution in [0.5, 0.6) is 5.75 Å². The lowest BCUT2D eigenvalue weighted by atomic mass is 10.2. The van der Waals surface area contributed by atoms with E-state index in [0.29, 0.717) is 0 Å². The highest BCUT2D eigenvalue weighted by molar-refractivity contribution is 6.15. The lowest BCUT2D eigenvalue weighted by molar-refractivity contribution is 0.414. The highest BCUT2D eigenvalue weighted by atomic mass is 16.5. The van der Waals surface area contributed by atoms with Crippen LogP contribution >= 0.6 is 0 Å². The minimum atomic E-state index is 0.830. The summed E-state index contributed by atoms with van der Waals surface area (Å²) in [5.41, 5.74) is 8.63. The third-order valence-corrected chi connectivity index (χ3v) is 6.59. The van der Waals surface area contributed by atoms with Gasteiger partial charge >= 0.3 is 0 Å². The van der Waals surface area contributed by atoms with Crippen LogP contribution in [0.4, 0.5) is 0 Å². The molecule has 7 aromatic rings. The fraction of sp³-hybridized carbons (Fsp3) is 0.0333. The van der Waals surface area contributed by atoms with E-state index >= 15 is 0 Å². The van der Waals surface area contributed by atoms with Gasteiger partial charge in [0.25, 0.3) is 0 Å². The smallest absolute Gasteiger partial charge is 0.120 e. The van der Waals surface area contributed by atoms with Crippen molar-refractivity contribution in [1.29, 1.82) is 0 Å². The maximum atomic E-state index is 5.53. The second-order valence-electron chi connectivity index (χ2n) is 8.47. The molecular formula is C30H21N3O. The number of ether oxygens (including phenoxy) is 1. The fourth-order valence-corrected chi connectivity index (χ4v) is 5.11. The highest BCUT2D eigenvalue weighted by Gasteiger charge is 2.19. The van der Waals surface area contributed by atoms with E-state index in [9.17, 15) is 0 Å². The van der Waals surface area contributed by atoms with Gasteiger partial charge in [0.15, 0.2) is 0 Å². The van der Waals surface area contributed by atoms with Crippen LogP contribution < -0.4 is 4.74 Å². The Morgan fingerprint density at radius 2 is 1.09 bits per heavy atom. The number of aromatic nitrogens is 3. The van der Waals surface area contributed by atoms with E-state index in [2.05, 4.69) is 106 Å². The number of rotatable bonds is 3. The molecule has 4 nitrogen and oxygen atoms in total. The molecule has 0 atom stereocenters. The molecule has 0 fully saturated rings. The predicted octanol–water partition coefficient (Wildman–Crippen LogP) is 7.28. The number of methoxy groups -OCH3 is 1. The number of para-hydroxylation sites is 3. The van der Waals surface area contributed by atoms with E-state index in [4.69, 9.17) is 9.72 Å². The molecule has 7 rings (SSSR count). The zero-order valence-corrected chi connectivity index (χ0v) is 18.6. The molecule has 3 heterocycles. The van der Waals surface area contributed by atoms with Gasteiger partial charge in [-0.25, -0.2) is 4.98 Å². The van der Waals surface area contributed by atoms with Crippen molar-refractivity contribution in [2.45, 2.75) is 0 Å².